The van der Waals surface area contributed by atoms with Gasteiger partial charge < -0.3 is 44.7 Å². The molecule has 11 heteroatoms. The van der Waals surface area contributed by atoms with Crippen LogP contribution in [0.4, 0.5) is 22.7 Å². The highest BCUT2D eigenvalue weighted by atomic mass is 35.5. The number of para-hydroxylation sites is 2. The van der Waals surface area contributed by atoms with E-state index in [0.29, 0.717) is 0 Å². The molecule has 1 heterocycles. The van der Waals surface area contributed by atoms with Crippen molar-refractivity contribution in [3.8, 4) is 11.5 Å². The number of phenols is 2. The van der Waals surface area contributed by atoms with Crippen LogP contribution in [0.25, 0.3) is 0 Å². The third kappa shape index (κ3) is 5.32. The van der Waals surface area contributed by atoms with Gasteiger partial charge in [0.05, 0.1) is 11.4 Å². The quantitative estimate of drug-likeness (QED) is 0.145. The van der Waals surface area contributed by atoms with Gasteiger partial charge in [-0.25, -0.2) is 9.13 Å². The van der Waals surface area contributed by atoms with Crippen molar-refractivity contribution in [2.24, 2.45) is 0 Å². The molecule has 0 aliphatic carbocycles. The smallest absolute Gasteiger partial charge is 0.266 e. The normalized spacial score (nSPS) is 10.1. The average Bonchev–Trinajstić information content (AvgIpc) is 3.08. The molecule has 0 spiro atoms. The van der Waals surface area contributed by atoms with Gasteiger partial charge >= 0.3 is 0 Å². The van der Waals surface area contributed by atoms with E-state index in [1.165, 1.54) is 12.1 Å². The minimum atomic E-state index is -0.396. The van der Waals surface area contributed by atoms with E-state index in [1.807, 2.05) is 0 Å². The first-order valence-electron chi connectivity index (χ1n) is 8.63. The molecule has 2 amide bonds. The number of carbonyl (C=O) groups excluding carboxylic acids is 2. The zero-order valence-corrected chi connectivity index (χ0v) is 16.5. The third-order valence-electron chi connectivity index (χ3n) is 4.08. The monoisotopic (exact) mass is 432 g/mol. The summed E-state index contributed by atoms with van der Waals surface area (Å²) >= 11 is 0. The molecule has 8 N–H and O–H groups in total. The van der Waals surface area contributed by atoms with Crippen LogP contribution in [0.15, 0.2) is 55.1 Å². The molecule has 1 aromatic heterocycles. The lowest BCUT2D eigenvalue weighted by Crippen LogP contribution is -3.00. The van der Waals surface area contributed by atoms with Gasteiger partial charge in [0.15, 0.2) is 13.1 Å². The number of hydrogen-bond acceptors (Lipinski definition) is 6. The van der Waals surface area contributed by atoms with E-state index in [9.17, 15) is 19.8 Å². The fourth-order valence-electron chi connectivity index (χ4n) is 2.70. The summed E-state index contributed by atoms with van der Waals surface area (Å²) in [4.78, 5) is 24.4. The fourth-order valence-corrected chi connectivity index (χ4v) is 2.70. The van der Waals surface area contributed by atoms with E-state index in [-0.39, 0.29) is 59.7 Å². The van der Waals surface area contributed by atoms with E-state index in [1.54, 1.807) is 52.1 Å². The van der Waals surface area contributed by atoms with E-state index < -0.39 is 11.8 Å². The molecular weight excluding hydrogens is 412 g/mol. The van der Waals surface area contributed by atoms with Gasteiger partial charge in [0.25, 0.3) is 11.8 Å². The summed E-state index contributed by atoms with van der Waals surface area (Å²) in [6.45, 7) is -0.0936. The Morgan fingerprint density at radius 2 is 1.47 bits per heavy atom. The number of carbonyl (C=O) groups is 2. The first-order valence-corrected chi connectivity index (χ1v) is 8.63. The second kappa shape index (κ2) is 9.52. The number of aromatic nitrogens is 2. The highest BCUT2D eigenvalue weighted by Gasteiger charge is 2.16. The summed E-state index contributed by atoms with van der Waals surface area (Å²) in [6, 6.07) is 9.12. The molecule has 0 aliphatic rings. The van der Waals surface area contributed by atoms with Crippen molar-refractivity contribution in [2.75, 3.05) is 22.1 Å². The highest BCUT2D eigenvalue weighted by Crippen LogP contribution is 2.29. The van der Waals surface area contributed by atoms with Gasteiger partial charge in [-0.05, 0) is 24.3 Å². The lowest BCUT2D eigenvalue weighted by atomic mass is 10.2. The van der Waals surface area contributed by atoms with Crippen LogP contribution < -0.4 is 39.1 Å². The molecule has 30 heavy (non-hydrogen) atoms. The third-order valence-corrected chi connectivity index (χ3v) is 4.08. The van der Waals surface area contributed by atoms with Crippen LogP contribution in [0.3, 0.4) is 0 Å². The zero-order valence-electron chi connectivity index (χ0n) is 15.7. The molecule has 0 saturated heterocycles. The lowest BCUT2D eigenvalue weighted by molar-refractivity contribution is -0.683. The van der Waals surface area contributed by atoms with Gasteiger partial charge in [0.2, 0.25) is 6.33 Å². The minimum Gasteiger partial charge on any atom is -1.00 e. The Labute approximate surface area is 178 Å². The molecule has 0 bridgehead atoms. The Hall–Kier alpha value is -3.92. The maximum Gasteiger partial charge on any atom is 0.266 e. The summed E-state index contributed by atoms with van der Waals surface area (Å²) in [7, 11) is 0. The number of nitrogens with zero attached hydrogens (tertiary/aromatic N) is 2. The molecule has 0 saturated carbocycles. The summed E-state index contributed by atoms with van der Waals surface area (Å²) in [5.74, 6) is -1.04. The SMILES string of the molecule is Nc1cccc(O)c1NC(=O)Cn1cc[n+](CC(=O)Nc2c(N)cccc2O)c1.[Cl-]. The molecule has 2 aromatic carbocycles. The molecule has 0 unspecified atom stereocenters. The number of rotatable bonds is 6. The van der Waals surface area contributed by atoms with Crippen LogP contribution in [0.5, 0.6) is 11.5 Å². The highest BCUT2D eigenvalue weighted by molar-refractivity contribution is 5.96. The Morgan fingerprint density at radius 3 is 2.00 bits per heavy atom. The fraction of sp³-hybridized carbons (Fsp3) is 0.105. The largest absolute Gasteiger partial charge is 1.00 e. The van der Waals surface area contributed by atoms with Crippen molar-refractivity contribution in [1.29, 1.82) is 0 Å². The van der Waals surface area contributed by atoms with Gasteiger partial charge in [-0.1, -0.05) is 12.1 Å². The van der Waals surface area contributed by atoms with Crippen LogP contribution in [-0.4, -0.2) is 26.6 Å². The molecule has 158 valence electrons. The number of anilines is 4. The maximum atomic E-state index is 12.2. The number of nitrogens with one attached hydrogen (secondary N) is 2. The summed E-state index contributed by atoms with van der Waals surface area (Å²) in [5, 5.41) is 24.7. The first-order chi connectivity index (χ1) is 13.8. The van der Waals surface area contributed by atoms with Gasteiger partial charge in [0, 0.05) is 0 Å². The van der Waals surface area contributed by atoms with Gasteiger partial charge in [-0.2, -0.15) is 0 Å². The average molecular weight is 433 g/mol. The number of hydrogen-bond donors (Lipinski definition) is 6. The lowest BCUT2D eigenvalue weighted by Gasteiger charge is -2.09. The molecule has 10 nitrogen and oxygen atoms in total. The van der Waals surface area contributed by atoms with Crippen molar-refractivity contribution in [1.82, 2.24) is 4.57 Å². The molecule has 3 rings (SSSR count). The first kappa shape index (κ1) is 22.4. The van der Waals surface area contributed by atoms with Crippen molar-refractivity contribution < 1.29 is 36.8 Å². The number of aromatic hydroxyl groups is 2. The number of nitrogens with two attached hydrogens (primary N) is 2. The second-order valence-corrected chi connectivity index (χ2v) is 6.34. The van der Waals surface area contributed by atoms with Crippen molar-refractivity contribution in [3.63, 3.8) is 0 Å². The van der Waals surface area contributed by atoms with Crippen LogP contribution in [0.1, 0.15) is 0 Å². The van der Waals surface area contributed by atoms with E-state index in [2.05, 4.69) is 10.6 Å². The summed E-state index contributed by atoms with van der Waals surface area (Å²) in [6.07, 6.45) is 4.81. The summed E-state index contributed by atoms with van der Waals surface area (Å²) in [5.41, 5.74) is 12.3. The maximum absolute atomic E-state index is 12.2. The van der Waals surface area contributed by atoms with Crippen LogP contribution >= 0.6 is 0 Å². The molecular formula is C19H21ClN6O4. The summed E-state index contributed by atoms with van der Waals surface area (Å²) < 4.78 is 3.13. The number of phenolic OH excluding ortho intramolecular Hbond substituents is 2. The predicted molar refractivity (Wildman–Crippen MR) is 107 cm³/mol. The number of amides is 2. The minimum absolute atomic E-state index is 0. The van der Waals surface area contributed by atoms with E-state index in [4.69, 9.17) is 11.5 Å². The van der Waals surface area contributed by atoms with E-state index in [0.717, 1.165) is 0 Å². The molecule has 3 aromatic rings. The Balaban J connectivity index is 0.00000320. The van der Waals surface area contributed by atoms with E-state index >= 15 is 0 Å². The number of imidazole rings is 1. The second-order valence-electron chi connectivity index (χ2n) is 6.34. The molecule has 0 fully saturated rings. The van der Waals surface area contributed by atoms with Crippen molar-refractivity contribution in [2.45, 2.75) is 13.1 Å². The Morgan fingerprint density at radius 1 is 0.933 bits per heavy atom. The molecule has 0 atom stereocenters. The Bertz CT molecular complexity index is 946. The topological polar surface area (TPSA) is 160 Å². The van der Waals surface area contributed by atoms with Crippen molar-refractivity contribution in [3.05, 3.63) is 55.1 Å². The van der Waals surface area contributed by atoms with Crippen LogP contribution in [0.2, 0.25) is 0 Å². The number of halogens is 1. The van der Waals surface area contributed by atoms with Gasteiger partial charge in [-0.3, -0.25) is 9.59 Å². The predicted octanol–water partition coefficient (Wildman–Crippen LogP) is -2.37. The number of benzene rings is 2. The molecule has 0 radical (unpaired) electrons. The number of nitrogen functional groups attached to an aromatic ring is 2. The standard InChI is InChI=1S/C19H20N6O4.ClH/c20-12-3-1-5-14(26)18(12)22-16(28)9-24-7-8-25(11-24)10-17(29)23-19-13(21)4-2-6-15(19)27;/h1-8,11H,9-10,20-21H2,(H3-,22,23,26,27,28,29);1H. The van der Waals surface area contributed by atoms with Crippen LogP contribution in [-0.2, 0) is 22.7 Å². The zero-order chi connectivity index (χ0) is 21.0. The Kier molecular flexibility index (Phi) is 7.10. The van der Waals surface area contributed by atoms with Gasteiger partial charge in [-0.15, -0.1) is 0 Å². The van der Waals surface area contributed by atoms with Crippen molar-refractivity contribution >= 4 is 34.6 Å². The van der Waals surface area contributed by atoms with Crippen LogP contribution in [0, 0.1) is 0 Å². The van der Waals surface area contributed by atoms with Gasteiger partial charge in [0.1, 0.15) is 35.3 Å². The molecule has 0 aliphatic heterocycles.